The molecule has 0 bridgehead atoms. The fourth-order valence-corrected chi connectivity index (χ4v) is 4.60. The van der Waals surface area contributed by atoms with Crippen molar-refractivity contribution in [2.75, 3.05) is 14.1 Å². The van der Waals surface area contributed by atoms with Gasteiger partial charge in [0.15, 0.2) is 5.72 Å². The van der Waals surface area contributed by atoms with Gasteiger partial charge in [0, 0.05) is 0 Å². The molecule has 0 radical (unpaired) electrons. The lowest BCUT2D eigenvalue weighted by Gasteiger charge is -2.47. The average molecular weight is 482 g/mol. The van der Waals surface area contributed by atoms with Crippen molar-refractivity contribution in [3.8, 4) is 0 Å². The van der Waals surface area contributed by atoms with E-state index >= 15 is 0 Å². The van der Waals surface area contributed by atoms with Gasteiger partial charge in [-0.3, -0.25) is 9.69 Å². The number of ether oxygens (including phenoxy) is 1. The Morgan fingerprint density at radius 3 is 1.79 bits per heavy atom. The highest BCUT2D eigenvalue weighted by Gasteiger charge is 2.49. The zero-order valence-electron chi connectivity index (χ0n) is 24.1. The Balaban J connectivity index is 4.06. The van der Waals surface area contributed by atoms with Gasteiger partial charge in [-0.2, -0.15) is 0 Å². The maximum atomic E-state index is 12.8. The Kier molecular flexibility index (Phi) is 17.9. The van der Waals surface area contributed by atoms with E-state index in [9.17, 15) is 9.90 Å². The van der Waals surface area contributed by atoms with Crippen LogP contribution in [0.2, 0.25) is 0 Å². The second-order valence-corrected chi connectivity index (χ2v) is 11.4. The fourth-order valence-electron chi connectivity index (χ4n) is 4.60. The van der Waals surface area contributed by atoms with Crippen molar-refractivity contribution in [1.29, 1.82) is 0 Å². The van der Waals surface area contributed by atoms with Crippen LogP contribution in [0.3, 0.4) is 0 Å². The highest BCUT2D eigenvalue weighted by molar-refractivity contribution is 5.72. The Morgan fingerprint density at radius 1 is 0.853 bits per heavy atom. The third-order valence-electron chi connectivity index (χ3n) is 7.26. The summed E-state index contributed by atoms with van der Waals surface area (Å²) in [5.41, 5.74) is -2.17. The van der Waals surface area contributed by atoms with Crippen molar-refractivity contribution in [2.24, 2.45) is 11.8 Å². The summed E-state index contributed by atoms with van der Waals surface area (Å²) in [5.74, 6) is -0.0647. The normalized spacial score (nSPS) is 16.7. The molecule has 0 heterocycles. The van der Waals surface area contributed by atoms with Gasteiger partial charge in [-0.1, -0.05) is 97.6 Å². The Labute approximate surface area is 212 Å². The van der Waals surface area contributed by atoms with E-state index in [1.807, 2.05) is 32.8 Å². The van der Waals surface area contributed by atoms with Crippen LogP contribution in [0.5, 0.6) is 0 Å². The van der Waals surface area contributed by atoms with E-state index in [-0.39, 0.29) is 11.9 Å². The number of hydrogen-bond donors (Lipinski definition) is 1. The number of aliphatic hydroxyl groups is 1. The molecule has 202 valence electrons. The lowest BCUT2D eigenvalue weighted by molar-refractivity contribution is -0.236. The lowest BCUT2D eigenvalue weighted by Crippen LogP contribution is -2.62. The fraction of sp³-hybridized carbons (Fsp3) is 0.900. The molecule has 0 aliphatic heterocycles. The summed E-state index contributed by atoms with van der Waals surface area (Å²) in [6.45, 7) is 11.9. The molecule has 0 aliphatic rings. The summed E-state index contributed by atoms with van der Waals surface area (Å²) >= 11 is 0. The highest BCUT2D eigenvalue weighted by atomic mass is 16.6. The van der Waals surface area contributed by atoms with E-state index < -0.39 is 11.3 Å². The number of carbonyl (C=O) groups excluding carboxylic acids is 1. The second-order valence-electron chi connectivity index (χ2n) is 11.4. The first-order chi connectivity index (χ1) is 16.0. The Bertz CT molecular complexity index is 541. The third-order valence-corrected chi connectivity index (χ3v) is 7.26. The molecule has 3 atom stereocenters. The number of hydrogen-bond acceptors (Lipinski definition) is 4. The van der Waals surface area contributed by atoms with Gasteiger partial charge in [-0.25, -0.2) is 0 Å². The number of carbonyl (C=O) groups is 1. The SMILES string of the molecule is CCCCCCCCCC=CCCCCCCC(C)C(=O)OC(C)(N(C)C)C(C)(O)CC(C)C. The molecular weight excluding hydrogens is 422 g/mol. The van der Waals surface area contributed by atoms with Crippen molar-refractivity contribution in [2.45, 2.75) is 149 Å². The van der Waals surface area contributed by atoms with Gasteiger partial charge >= 0.3 is 5.97 Å². The van der Waals surface area contributed by atoms with Gasteiger partial charge in [-0.05, 0) is 72.4 Å². The quantitative estimate of drug-likeness (QED) is 0.0775. The summed E-state index contributed by atoms with van der Waals surface area (Å²) < 4.78 is 5.93. The van der Waals surface area contributed by atoms with Crippen LogP contribution in [0.25, 0.3) is 0 Å². The molecule has 0 aromatic rings. The van der Waals surface area contributed by atoms with Crippen LogP contribution >= 0.6 is 0 Å². The molecular formula is C30H59NO3. The molecule has 0 aromatic heterocycles. The van der Waals surface area contributed by atoms with Gasteiger partial charge in [0.1, 0.15) is 5.60 Å². The molecule has 0 aromatic carbocycles. The average Bonchev–Trinajstić information content (AvgIpc) is 2.74. The number of allylic oxidation sites excluding steroid dienone is 2. The Hall–Kier alpha value is -0.870. The largest absolute Gasteiger partial charge is 0.441 e. The van der Waals surface area contributed by atoms with Crippen LogP contribution in [0.4, 0.5) is 0 Å². The third kappa shape index (κ3) is 13.9. The number of likely N-dealkylation sites (N-methyl/N-ethyl adjacent to an activating group) is 1. The van der Waals surface area contributed by atoms with Crippen molar-refractivity contribution < 1.29 is 14.6 Å². The predicted molar refractivity (Wildman–Crippen MR) is 147 cm³/mol. The van der Waals surface area contributed by atoms with Gasteiger partial charge in [0.05, 0.1) is 5.92 Å². The number of nitrogens with zero attached hydrogens (tertiary/aromatic N) is 1. The highest BCUT2D eigenvalue weighted by Crippen LogP contribution is 2.34. The molecule has 1 N–H and O–H groups in total. The molecule has 0 amide bonds. The maximum absolute atomic E-state index is 12.8. The summed E-state index contributed by atoms with van der Waals surface area (Å²) in [4.78, 5) is 14.6. The number of rotatable bonds is 21. The minimum atomic E-state index is -1.12. The van der Waals surface area contributed by atoms with Crippen LogP contribution in [0.1, 0.15) is 138 Å². The van der Waals surface area contributed by atoms with Crippen LogP contribution in [-0.4, -0.2) is 41.4 Å². The topological polar surface area (TPSA) is 49.8 Å². The number of unbranched alkanes of at least 4 members (excludes halogenated alkanes) is 11. The van der Waals surface area contributed by atoms with E-state index in [4.69, 9.17) is 4.74 Å². The molecule has 0 spiro atoms. The molecule has 4 nitrogen and oxygen atoms in total. The first-order valence-electron chi connectivity index (χ1n) is 14.3. The summed E-state index contributed by atoms with van der Waals surface area (Å²) in [6.07, 6.45) is 22.8. The van der Waals surface area contributed by atoms with Crippen molar-refractivity contribution in [3.05, 3.63) is 12.2 Å². The minimum absolute atomic E-state index is 0.156. The summed E-state index contributed by atoms with van der Waals surface area (Å²) in [6, 6.07) is 0. The standard InChI is InChI=1S/C30H59NO3/c1-9-10-11-12-13-14-15-16-17-18-19-20-21-22-23-24-27(4)28(32)34-30(6,31(7)8)29(5,33)25-26(2)3/h17-18,26-27,33H,9-16,19-25H2,1-8H3. The van der Waals surface area contributed by atoms with Crippen molar-refractivity contribution in [3.63, 3.8) is 0 Å². The van der Waals surface area contributed by atoms with E-state index in [0.717, 1.165) is 19.3 Å². The van der Waals surface area contributed by atoms with Crippen LogP contribution in [0.15, 0.2) is 12.2 Å². The van der Waals surface area contributed by atoms with Crippen LogP contribution < -0.4 is 0 Å². The smallest absolute Gasteiger partial charge is 0.310 e. The molecule has 0 saturated carbocycles. The van der Waals surface area contributed by atoms with E-state index in [2.05, 4.69) is 32.9 Å². The van der Waals surface area contributed by atoms with Gasteiger partial charge in [-0.15, -0.1) is 0 Å². The molecule has 0 aliphatic carbocycles. The Morgan fingerprint density at radius 2 is 1.32 bits per heavy atom. The monoisotopic (exact) mass is 481 g/mol. The summed E-state index contributed by atoms with van der Waals surface area (Å²) in [5, 5.41) is 11.1. The molecule has 0 rings (SSSR count). The first-order valence-corrected chi connectivity index (χ1v) is 14.3. The molecule has 0 saturated heterocycles. The zero-order valence-corrected chi connectivity index (χ0v) is 24.1. The molecule has 4 heteroatoms. The molecule has 34 heavy (non-hydrogen) atoms. The van der Waals surface area contributed by atoms with Gasteiger partial charge in [0.2, 0.25) is 0 Å². The van der Waals surface area contributed by atoms with Crippen LogP contribution in [0, 0.1) is 11.8 Å². The molecule has 0 fully saturated rings. The molecule has 3 unspecified atom stereocenters. The van der Waals surface area contributed by atoms with Crippen molar-refractivity contribution >= 4 is 5.97 Å². The van der Waals surface area contributed by atoms with E-state index in [1.54, 1.807) is 6.92 Å². The first kappa shape index (κ1) is 33.1. The maximum Gasteiger partial charge on any atom is 0.310 e. The van der Waals surface area contributed by atoms with E-state index in [0.29, 0.717) is 12.3 Å². The predicted octanol–water partition coefficient (Wildman–Crippen LogP) is 8.28. The van der Waals surface area contributed by atoms with Crippen LogP contribution in [-0.2, 0) is 9.53 Å². The number of esters is 1. The zero-order chi connectivity index (χ0) is 26.0. The lowest BCUT2D eigenvalue weighted by atomic mass is 9.84. The van der Waals surface area contributed by atoms with Gasteiger partial charge < -0.3 is 9.84 Å². The van der Waals surface area contributed by atoms with Crippen molar-refractivity contribution in [1.82, 2.24) is 4.90 Å². The van der Waals surface area contributed by atoms with E-state index in [1.165, 1.54) is 70.6 Å². The minimum Gasteiger partial charge on any atom is -0.441 e. The summed E-state index contributed by atoms with van der Waals surface area (Å²) in [7, 11) is 3.71. The second kappa shape index (κ2) is 18.4. The van der Waals surface area contributed by atoms with Gasteiger partial charge in [0.25, 0.3) is 0 Å².